The Hall–Kier alpha value is -0.740. The molecule has 0 aliphatic heterocycles. The topological polar surface area (TPSA) is 32.3 Å². The minimum atomic E-state index is -0.00612. The Balaban J connectivity index is 1.87. The molecule has 0 radical (unpaired) electrons. The number of amides is 2. The quantitative estimate of drug-likeness (QED) is 0.858. The molecule has 1 N–H and O–H groups in total. The summed E-state index contributed by atoms with van der Waals surface area (Å²) in [4.78, 5) is 13.9. The Morgan fingerprint density at radius 2 is 2.26 bits per heavy atom. The van der Waals surface area contributed by atoms with Crippen molar-refractivity contribution in [3.05, 3.63) is 33.3 Å². The molecule has 5 heteroatoms. The van der Waals surface area contributed by atoms with Gasteiger partial charge >= 0.3 is 6.03 Å². The van der Waals surface area contributed by atoms with Gasteiger partial charge in [0.1, 0.15) is 0 Å². The number of carbonyl (C=O) groups is 1. The molecule has 1 fully saturated rings. The molecule has 0 spiro atoms. The zero-order chi connectivity index (χ0) is 13.8. The maximum atomic E-state index is 12.1. The van der Waals surface area contributed by atoms with Crippen LogP contribution in [0.4, 0.5) is 4.79 Å². The van der Waals surface area contributed by atoms with Crippen molar-refractivity contribution in [2.24, 2.45) is 5.92 Å². The van der Waals surface area contributed by atoms with E-state index in [4.69, 9.17) is 11.6 Å². The van der Waals surface area contributed by atoms with Crippen molar-refractivity contribution >= 4 is 33.6 Å². The monoisotopic (exact) mass is 344 g/mol. The third-order valence-electron chi connectivity index (χ3n) is 3.29. The van der Waals surface area contributed by atoms with Crippen LogP contribution in [0.2, 0.25) is 5.02 Å². The lowest BCUT2D eigenvalue weighted by atomic mass is 10.2. The molecular formula is C14H18BrClN2O. The normalized spacial score (nSPS) is 14.3. The highest BCUT2D eigenvalue weighted by Gasteiger charge is 2.25. The van der Waals surface area contributed by atoms with E-state index in [9.17, 15) is 4.79 Å². The molecule has 1 saturated carbocycles. The summed E-state index contributed by atoms with van der Waals surface area (Å²) in [5.41, 5.74) is 0.931. The zero-order valence-electron chi connectivity index (χ0n) is 11.0. The van der Waals surface area contributed by atoms with Gasteiger partial charge in [-0.2, -0.15) is 0 Å². The first kappa shape index (κ1) is 14.7. The van der Waals surface area contributed by atoms with Gasteiger partial charge in [-0.3, -0.25) is 0 Å². The van der Waals surface area contributed by atoms with Crippen molar-refractivity contribution in [3.8, 4) is 0 Å². The van der Waals surface area contributed by atoms with Crippen LogP contribution in [0.1, 0.15) is 25.3 Å². The molecule has 1 aromatic carbocycles. The fourth-order valence-corrected chi connectivity index (χ4v) is 2.66. The molecule has 2 rings (SSSR count). The van der Waals surface area contributed by atoms with Crippen molar-refractivity contribution in [2.75, 3.05) is 13.1 Å². The Morgan fingerprint density at radius 3 is 2.84 bits per heavy atom. The molecular weight excluding hydrogens is 328 g/mol. The standard InChI is InChI=1S/C14H18BrClN2O/c1-2-18(9-10-3-4-10)14(19)17-8-11-5-6-12(15)7-13(11)16/h5-7,10H,2-4,8-9H2,1H3,(H,17,19). The van der Waals surface area contributed by atoms with Gasteiger partial charge in [0.2, 0.25) is 0 Å². The van der Waals surface area contributed by atoms with E-state index in [0.717, 1.165) is 23.1 Å². The molecule has 0 atom stereocenters. The maximum Gasteiger partial charge on any atom is 0.317 e. The van der Waals surface area contributed by atoms with E-state index >= 15 is 0 Å². The molecule has 3 nitrogen and oxygen atoms in total. The Bertz CT molecular complexity index is 463. The number of hydrogen-bond acceptors (Lipinski definition) is 1. The Morgan fingerprint density at radius 1 is 1.53 bits per heavy atom. The van der Waals surface area contributed by atoms with E-state index in [1.165, 1.54) is 12.8 Å². The summed E-state index contributed by atoms with van der Waals surface area (Å²) in [6.45, 7) is 4.09. The number of urea groups is 1. The number of benzene rings is 1. The molecule has 0 bridgehead atoms. The summed E-state index contributed by atoms with van der Waals surface area (Å²) < 4.78 is 0.941. The SMILES string of the molecule is CCN(CC1CC1)C(=O)NCc1ccc(Br)cc1Cl. The second-order valence-corrected chi connectivity index (χ2v) is 6.20. The van der Waals surface area contributed by atoms with Gasteiger partial charge in [-0.25, -0.2) is 4.79 Å². The van der Waals surface area contributed by atoms with Gasteiger partial charge in [0.25, 0.3) is 0 Å². The molecule has 19 heavy (non-hydrogen) atoms. The highest BCUT2D eigenvalue weighted by Crippen LogP contribution is 2.29. The molecule has 2 amide bonds. The van der Waals surface area contributed by atoms with Crippen molar-refractivity contribution in [1.29, 1.82) is 0 Å². The summed E-state index contributed by atoms with van der Waals surface area (Å²) in [5.74, 6) is 0.710. The maximum absolute atomic E-state index is 12.1. The Labute approximate surface area is 127 Å². The van der Waals surface area contributed by atoms with E-state index in [2.05, 4.69) is 21.2 Å². The molecule has 1 aliphatic carbocycles. The molecule has 0 aromatic heterocycles. The number of rotatable bonds is 5. The van der Waals surface area contributed by atoms with Gasteiger partial charge < -0.3 is 10.2 Å². The van der Waals surface area contributed by atoms with Crippen LogP contribution in [-0.2, 0) is 6.54 Å². The minimum absolute atomic E-state index is 0.00612. The van der Waals surface area contributed by atoms with Crippen LogP contribution in [0.15, 0.2) is 22.7 Å². The highest BCUT2D eigenvalue weighted by molar-refractivity contribution is 9.10. The van der Waals surface area contributed by atoms with Crippen LogP contribution in [-0.4, -0.2) is 24.0 Å². The van der Waals surface area contributed by atoms with Crippen molar-refractivity contribution < 1.29 is 4.79 Å². The second-order valence-electron chi connectivity index (χ2n) is 4.88. The average molecular weight is 346 g/mol. The first-order valence-electron chi connectivity index (χ1n) is 6.57. The molecule has 0 unspecified atom stereocenters. The number of halogens is 2. The second kappa shape index (κ2) is 6.62. The number of carbonyl (C=O) groups excluding carboxylic acids is 1. The number of nitrogens with zero attached hydrogens (tertiary/aromatic N) is 1. The van der Waals surface area contributed by atoms with E-state index in [1.807, 2.05) is 30.0 Å². The highest BCUT2D eigenvalue weighted by atomic mass is 79.9. The van der Waals surface area contributed by atoms with Gasteiger partial charge in [0, 0.05) is 29.1 Å². The smallest absolute Gasteiger partial charge is 0.317 e. The van der Waals surface area contributed by atoms with Crippen LogP contribution in [0.3, 0.4) is 0 Å². The molecule has 1 aromatic rings. The Kier molecular flexibility index (Phi) is 5.11. The fraction of sp³-hybridized carbons (Fsp3) is 0.500. The summed E-state index contributed by atoms with van der Waals surface area (Å²) in [6, 6.07) is 5.68. The van der Waals surface area contributed by atoms with Crippen LogP contribution < -0.4 is 5.32 Å². The van der Waals surface area contributed by atoms with Gasteiger partial charge in [-0.15, -0.1) is 0 Å². The average Bonchev–Trinajstić information content (AvgIpc) is 3.18. The molecule has 1 aliphatic rings. The molecule has 104 valence electrons. The van der Waals surface area contributed by atoms with Crippen LogP contribution in [0.25, 0.3) is 0 Å². The predicted octanol–water partition coefficient (Wildman–Crippen LogP) is 4.04. The van der Waals surface area contributed by atoms with Crippen LogP contribution in [0.5, 0.6) is 0 Å². The zero-order valence-corrected chi connectivity index (χ0v) is 13.3. The van der Waals surface area contributed by atoms with Crippen molar-refractivity contribution in [3.63, 3.8) is 0 Å². The number of nitrogens with one attached hydrogen (secondary N) is 1. The largest absolute Gasteiger partial charge is 0.334 e. The first-order chi connectivity index (χ1) is 9.10. The lowest BCUT2D eigenvalue weighted by Crippen LogP contribution is -2.40. The molecule has 0 saturated heterocycles. The first-order valence-corrected chi connectivity index (χ1v) is 7.74. The summed E-state index contributed by atoms with van der Waals surface area (Å²) in [7, 11) is 0. The fourth-order valence-electron chi connectivity index (χ4n) is 1.92. The van der Waals surface area contributed by atoms with Gasteiger partial charge in [-0.1, -0.05) is 33.6 Å². The van der Waals surface area contributed by atoms with Gasteiger partial charge in [0.05, 0.1) is 0 Å². The summed E-state index contributed by atoms with van der Waals surface area (Å²) in [6.07, 6.45) is 2.50. The van der Waals surface area contributed by atoms with E-state index in [0.29, 0.717) is 17.5 Å². The predicted molar refractivity (Wildman–Crippen MR) is 81.4 cm³/mol. The van der Waals surface area contributed by atoms with Crippen LogP contribution >= 0.6 is 27.5 Å². The van der Waals surface area contributed by atoms with E-state index in [1.54, 1.807) is 0 Å². The van der Waals surface area contributed by atoms with Gasteiger partial charge in [0.15, 0.2) is 0 Å². The lowest BCUT2D eigenvalue weighted by molar-refractivity contribution is 0.198. The summed E-state index contributed by atoms with van der Waals surface area (Å²) in [5, 5.41) is 3.60. The third-order valence-corrected chi connectivity index (χ3v) is 4.13. The van der Waals surface area contributed by atoms with Crippen LogP contribution in [0, 0.1) is 5.92 Å². The van der Waals surface area contributed by atoms with E-state index < -0.39 is 0 Å². The van der Waals surface area contributed by atoms with E-state index in [-0.39, 0.29) is 6.03 Å². The molecule has 0 heterocycles. The minimum Gasteiger partial charge on any atom is -0.334 e. The van der Waals surface area contributed by atoms with Crippen molar-refractivity contribution in [1.82, 2.24) is 10.2 Å². The van der Waals surface area contributed by atoms with Gasteiger partial charge in [-0.05, 0) is 43.4 Å². The number of hydrogen-bond donors (Lipinski definition) is 1. The summed E-state index contributed by atoms with van der Waals surface area (Å²) >= 11 is 9.49. The lowest BCUT2D eigenvalue weighted by Gasteiger charge is -2.21. The third kappa shape index (κ3) is 4.39. The van der Waals surface area contributed by atoms with Crippen molar-refractivity contribution in [2.45, 2.75) is 26.3 Å².